The Labute approximate surface area is 99.7 Å². The Morgan fingerprint density at radius 1 is 1.41 bits per heavy atom. The molecule has 2 aliphatic rings. The van der Waals surface area contributed by atoms with Crippen LogP contribution in [0.15, 0.2) is 12.2 Å². The third-order valence-corrected chi connectivity index (χ3v) is 3.00. The van der Waals surface area contributed by atoms with Gasteiger partial charge in [-0.25, -0.2) is 9.59 Å². The zero-order valence-corrected chi connectivity index (χ0v) is 9.81. The fourth-order valence-corrected chi connectivity index (χ4v) is 2.17. The van der Waals surface area contributed by atoms with Crippen LogP contribution in [0.4, 0.5) is 0 Å². The molecular weight excluding hydrogens is 224 g/mol. The van der Waals surface area contributed by atoms with Gasteiger partial charge >= 0.3 is 11.9 Å². The smallest absolute Gasteiger partial charge is 0.344 e. The Hall–Kier alpha value is -1.36. The summed E-state index contributed by atoms with van der Waals surface area (Å²) in [5.41, 5.74) is 0.265. The molecule has 0 amide bonds. The van der Waals surface area contributed by atoms with Crippen LogP contribution >= 0.6 is 0 Å². The molecule has 5 nitrogen and oxygen atoms in total. The van der Waals surface area contributed by atoms with E-state index in [1.54, 1.807) is 0 Å². The number of ether oxygens (including phenoxy) is 3. The summed E-state index contributed by atoms with van der Waals surface area (Å²) in [5, 5.41) is 0. The van der Waals surface area contributed by atoms with Gasteiger partial charge in [0.25, 0.3) is 0 Å². The number of esters is 2. The maximum atomic E-state index is 11.4. The van der Waals surface area contributed by atoms with Crippen LogP contribution in [0.2, 0.25) is 0 Å². The van der Waals surface area contributed by atoms with Crippen molar-refractivity contribution in [1.29, 1.82) is 0 Å². The van der Waals surface area contributed by atoms with Crippen LogP contribution in [0.5, 0.6) is 0 Å². The van der Waals surface area contributed by atoms with Gasteiger partial charge in [0.1, 0.15) is 6.10 Å². The summed E-state index contributed by atoms with van der Waals surface area (Å²) in [6, 6.07) is 0. The average molecular weight is 240 g/mol. The SMILES string of the molecule is C=C(C)C(=O)OCC(=O)OC1CC2CCC1O2. The van der Waals surface area contributed by atoms with Crippen molar-refractivity contribution in [3.63, 3.8) is 0 Å². The number of carbonyl (C=O) groups excluding carboxylic acids is 2. The van der Waals surface area contributed by atoms with E-state index in [1.807, 2.05) is 0 Å². The highest BCUT2D eigenvalue weighted by molar-refractivity contribution is 5.88. The first kappa shape index (κ1) is 12.1. The van der Waals surface area contributed by atoms with E-state index in [1.165, 1.54) is 6.92 Å². The zero-order chi connectivity index (χ0) is 12.4. The maximum Gasteiger partial charge on any atom is 0.344 e. The third-order valence-electron chi connectivity index (χ3n) is 3.00. The van der Waals surface area contributed by atoms with Crippen molar-refractivity contribution in [2.75, 3.05) is 6.61 Å². The summed E-state index contributed by atoms with van der Waals surface area (Å²) in [5.74, 6) is -1.10. The Morgan fingerprint density at radius 2 is 2.18 bits per heavy atom. The molecule has 2 rings (SSSR count). The minimum Gasteiger partial charge on any atom is -0.457 e. The highest BCUT2D eigenvalue weighted by Crippen LogP contribution is 2.36. The highest BCUT2D eigenvalue weighted by Gasteiger charge is 2.43. The number of hydrogen-bond donors (Lipinski definition) is 0. The van der Waals surface area contributed by atoms with E-state index in [2.05, 4.69) is 6.58 Å². The largest absolute Gasteiger partial charge is 0.457 e. The van der Waals surface area contributed by atoms with Gasteiger partial charge in [-0.05, 0) is 19.8 Å². The molecule has 0 aromatic carbocycles. The second-order valence-corrected chi connectivity index (χ2v) is 4.49. The molecule has 0 spiro atoms. The molecule has 17 heavy (non-hydrogen) atoms. The van der Waals surface area contributed by atoms with E-state index in [9.17, 15) is 9.59 Å². The van der Waals surface area contributed by atoms with Crippen molar-refractivity contribution in [3.05, 3.63) is 12.2 Å². The van der Waals surface area contributed by atoms with Crippen molar-refractivity contribution in [2.24, 2.45) is 0 Å². The first-order valence-electron chi connectivity index (χ1n) is 5.74. The molecule has 0 aromatic heterocycles. The summed E-state index contributed by atoms with van der Waals surface area (Å²) in [7, 11) is 0. The maximum absolute atomic E-state index is 11.4. The van der Waals surface area contributed by atoms with Crippen LogP contribution in [0.25, 0.3) is 0 Å². The molecule has 0 saturated carbocycles. The Kier molecular flexibility index (Phi) is 3.47. The Bertz CT molecular complexity index is 349. The number of rotatable bonds is 4. The molecule has 3 unspecified atom stereocenters. The second-order valence-electron chi connectivity index (χ2n) is 4.49. The molecule has 94 valence electrons. The average Bonchev–Trinajstić information content (AvgIpc) is 2.87. The van der Waals surface area contributed by atoms with Crippen LogP contribution in [0, 0.1) is 0 Å². The van der Waals surface area contributed by atoms with Crippen molar-refractivity contribution in [2.45, 2.75) is 44.5 Å². The van der Waals surface area contributed by atoms with Crippen LogP contribution in [-0.4, -0.2) is 36.9 Å². The molecule has 3 atom stereocenters. The lowest BCUT2D eigenvalue weighted by Crippen LogP contribution is -2.30. The quantitative estimate of drug-likeness (QED) is 0.541. The van der Waals surface area contributed by atoms with E-state index >= 15 is 0 Å². The fourth-order valence-electron chi connectivity index (χ4n) is 2.17. The molecule has 2 aliphatic heterocycles. The van der Waals surface area contributed by atoms with Crippen molar-refractivity contribution in [1.82, 2.24) is 0 Å². The lowest BCUT2D eigenvalue weighted by Gasteiger charge is -2.18. The number of hydrogen-bond acceptors (Lipinski definition) is 5. The summed E-state index contributed by atoms with van der Waals surface area (Å²) in [6.07, 6.45) is 2.82. The molecule has 2 bridgehead atoms. The second kappa shape index (κ2) is 4.87. The third kappa shape index (κ3) is 2.85. The Morgan fingerprint density at radius 3 is 2.71 bits per heavy atom. The van der Waals surface area contributed by atoms with Gasteiger partial charge in [0.2, 0.25) is 0 Å². The summed E-state index contributed by atoms with van der Waals surface area (Å²) in [6.45, 7) is 4.58. The fraction of sp³-hybridized carbons (Fsp3) is 0.667. The summed E-state index contributed by atoms with van der Waals surface area (Å²) >= 11 is 0. The van der Waals surface area contributed by atoms with E-state index in [0.717, 1.165) is 19.3 Å². The molecule has 0 aromatic rings. The van der Waals surface area contributed by atoms with Crippen molar-refractivity contribution in [3.8, 4) is 0 Å². The van der Waals surface area contributed by atoms with Crippen LogP contribution in [0.1, 0.15) is 26.2 Å². The zero-order valence-electron chi connectivity index (χ0n) is 9.81. The van der Waals surface area contributed by atoms with E-state index in [-0.39, 0.29) is 30.5 Å². The van der Waals surface area contributed by atoms with Gasteiger partial charge in [-0.2, -0.15) is 0 Å². The van der Waals surface area contributed by atoms with Crippen molar-refractivity contribution < 1.29 is 23.8 Å². The van der Waals surface area contributed by atoms with Gasteiger partial charge in [0, 0.05) is 12.0 Å². The molecule has 5 heteroatoms. The first-order chi connectivity index (χ1) is 8.06. The molecular formula is C12H16O5. The monoisotopic (exact) mass is 240 g/mol. The lowest BCUT2D eigenvalue weighted by molar-refractivity contribution is -0.162. The first-order valence-corrected chi connectivity index (χ1v) is 5.74. The molecule has 0 radical (unpaired) electrons. The van der Waals surface area contributed by atoms with Gasteiger partial charge in [-0.1, -0.05) is 6.58 Å². The molecule has 2 fully saturated rings. The predicted molar refractivity (Wildman–Crippen MR) is 58.2 cm³/mol. The van der Waals surface area contributed by atoms with Gasteiger partial charge < -0.3 is 14.2 Å². The highest BCUT2D eigenvalue weighted by atomic mass is 16.6. The van der Waals surface area contributed by atoms with Crippen molar-refractivity contribution >= 4 is 11.9 Å². The van der Waals surface area contributed by atoms with Gasteiger partial charge in [-0.3, -0.25) is 0 Å². The minimum atomic E-state index is -0.578. The van der Waals surface area contributed by atoms with Crippen LogP contribution < -0.4 is 0 Å². The Balaban J connectivity index is 1.71. The van der Waals surface area contributed by atoms with E-state index in [4.69, 9.17) is 14.2 Å². The topological polar surface area (TPSA) is 61.8 Å². The molecule has 0 aliphatic carbocycles. The van der Waals surface area contributed by atoms with Crippen LogP contribution in [-0.2, 0) is 23.8 Å². The summed E-state index contributed by atoms with van der Waals surface area (Å²) in [4.78, 5) is 22.5. The van der Waals surface area contributed by atoms with E-state index < -0.39 is 11.9 Å². The molecule has 2 heterocycles. The van der Waals surface area contributed by atoms with E-state index in [0.29, 0.717) is 0 Å². The minimum absolute atomic E-state index is 0.0285. The standard InChI is InChI=1S/C12H16O5/c1-7(2)12(14)15-6-11(13)17-10-5-8-3-4-9(10)16-8/h8-10H,1,3-6H2,2H3. The van der Waals surface area contributed by atoms with Crippen LogP contribution in [0.3, 0.4) is 0 Å². The van der Waals surface area contributed by atoms with Gasteiger partial charge in [-0.15, -0.1) is 0 Å². The number of carbonyl (C=O) groups is 2. The van der Waals surface area contributed by atoms with Gasteiger partial charge in [0.15, 0.2) is 6.61 Å². The normalized spacial score (nSPS) is 30.1. The lowest BCUT2D eigenvalue weighted by atomic mass is 9.98. The molecule has 2 saturated heterocycles. The number of fused-ring (bicyclic) bond motifs is 2. The predicted octanol–water partition coefficient (Wildman–Crippen LogP) is 0.969. The van der Waals surface area contributed by atoms with Gasteiger partial charge in [0.05, 0.1) is 12.2 Å². The molecule has 0 N–H and O–H groups in total. The summed E-state index contributed by atoms with van der Waals surface area (Å²) < 4.78 is 15.5.